The summed E-state index contributed by atoms with van der Waals surface area (Å²) in [5.41, 5.74) is 1.73. The first-order valence-corrected chi connectivity index (χ1v) is 11.3. The summed E-state index contributed by atoms with van der Waals surface area (Å²) < 4.78 is 46.8. The lowest BCUT2D eigenvalue weighted by Crippen LogP contribution is -2.38. The van der Waals surface area contributed by atoms with Crippen molar-refractivity contribution < 1.29 is 17.5 Å². The van der Waals surface area contributed by atoms with Gasteiger partial charge in [-0.1, -0.05) is 12.1 Å². The third-order valence-electron chi connectivity index (χ3n) is 5.31. The summed E-state index contributed by atoms with van der Waals surface area (Å²) in [6.07, 6.45) is 1.38. The molecule has 1 fully saturated rings. The second-order valence-electron chi connectivity index (χ2n) is 7.60. The van der Waals surface area contributed by atoms with Crippen LogP contribution in [0.1, 0.15) is 24.0 Å². The molecular formula is C22H23FN2O4S. The van der Waals surface area contributed by atoms with Gasteiger partial charge in [-0.15, -0.1) is 0 Å². The molecule has 1 unspecified atom stereocenters. The molecule has 158 valence electrons. The predicted molar refractivity (Wildman–Crippen MR) is 112 cm³/mol. The van der Waals surface area contributed by atoms with E-state index < -0.39 is 15.8 Å². The normalized spacial score (nSPS) is 17.1. The molecule has 6 nitrogen and oxygen atoms in total. The molecule has 1 aromatic heterocycles. The molecule has 3 aromatic rings. The minimum Gasteiger partial charge on any atom is -0.377 e. The molecule has 0 radical (unpaired) electrons. The number of aromatic amines is 1. The Morgan fingerprint density at radius 3 is 2.63 bits per heavy atom. The molecule has 8 heteroatoms. The van der Waals surface area contributed by atoms with Gasteiger partial charge in [0, 0.05) is 30.8 Å². The van der Waals surface area contributed by atoms with E-state index in [9.17, 15) is 17.6 Å². The molecule has 0 aliphatic carbocycles. The maximum absolute atomic E-state index is 13.3. The summed E-state index contributed by atoms with van der Waals surface area (Å²) in [7, 11) is -3.95. The van der Waals surface area contributed by atoms with Gasteiger partial charge in [0.25, 0.3) is 5.56 Å². The van der Waals surface area contributed by atoms with Crippen LogP contribution in [0, 0.1) is 12.7 Å². The van der Waals surface area contributed by atoms with Crippen LogP contribution in [0.15, 0.2) is 58.2 Å². The molecule has 1 atom stereocenters. The number of pyridine rings is 1. The first kappa shape index (κ1) is 20.7. The summed E-state index contributed by atoms with van der Waals surface area (Å²) in [5, 5.41) is 0.825. The minimum atomic E-state index is -3.95. The van der Waals surface area contributed by atoms with E-state index in [1.165, 1.54) is 16.4 Å². The molecule has 2 heterocycles. The van der Waals surface area contributed by atoms with Gasteiger partial charge >= 0.3 is 0 Å². The van der Waals surface area contributed by atoms with E-state index in [2.05, 4.69) is 4.98 Å². The number of sulfonamides is 1. The zero-order chi connectivity index (χ0) is 21.3. The molecule has 30 heavy (non-hydrogen) atoms. The topological polar surface area (TPSA) is 79.5 Å². The highest BCUT2D eigenvalue weighted by Crippen LogP contribution is 2.23. The van der Waals surface area contributed by atoms with E-state index in [0.717, 1.165) is 35.9 Å². The van der Waals surface area contributed by atoms with Crippen LogP contribution in [-0.2, 0) is 21.3 Å². The van der Waals surface area contributed by atoms with Crippen LogP contribution in [0.2, 0.25) is 0 Å². The van der Waals surface area contributed by atoms with Crippen LogP contribution in [0.5, 0.6) is 0 Å². The monoisotopic (exact) mass is 430 g/mol. The van der Waals surface area contributed by atoms with Crippen LogP contribution < -0.4 is 5.56 Å². The number of nitrogens with one attached hydrogen (secondary N) is 1. The average molecular weight is 431 g/mol. The summed E-state index contributed by atoms with van der Waals surface area (Å²) >= 11 is 0. The van der Waals surface area contributed by atoms with Crippen molar-refractivity contribution in [2.75, 3.05) is 13.2 Å². The van der Waals surface area contributed by atoms with Crippen molar-refractivity contribution >= 4 is 20.9 Å². The minimum absolute atomic E-state index is 0.0188. The Kier molecular flexibility index (Phi) is 5.73. The van der Waals surface area contributed by atoms with E-state index in [1.54, 1.807) is 6.07 Å². The van der Waals surface area contributed by atoms with Crippen molar-refractivity contribution in [2.24, 2.45) is 0 Å². The number of H-pyrrole nitrogens is 1. The van der Waals surface area contributed by atoms with E-state index >= 15 is 0 Å². The summed E-state index contributed by atoms with van der Waals surface area (Å²) in [6, 6.07) is 12.1. The Labute approximate surface area is 174 Å². The van der Waals surface area contributed by atoms with Gasteiger partial charge in [-0.05, 0) is 67.1 Å². The lowest BCUT2D eigenvalue weighted by molar-refractivity contribution is 0.0925. The van der Waals surface area contributed by atoms with Gasteiger partial charge in [0.05, 0.1) is 11.0 Å². The highest BCUT2D eigenvalue weighted by Gasteiger charge is 2.30. The number of ether oxygens (including phenoxy) is 1. The Bertz CT molecular complexity index is 1220. The average Bonchev–Trinajstić information content (AvgIpc) is 3.21. The van der Waals surface area contributed by atoms with Crippen molar-refractivity contribution in [3.8, 4) is 0 Å². The van der Waals surface area contributed by atoms with Crippen LogP contribution in [0.3, 0.4) is 0 Å². The SMILES string of the molecule is Cc1ccc2cc(CN(CC3CCCO3)S(=O)(=O)c3ccc(F)cc3)c(=O)[nH]c2c1. The molecule has 2 aromatic carbocycles. The van der Waals surface area contributed by atoms with Crippen molar-refractivity contribution in [1.29, 1.82) is 0 Å². The fourth-order valence-electron chi connectivity index (χ4n) is 3.69. The van der Waals surface area contributed by atoms with Crippen LogP contribution in [-0.4, -0.2) is 37.0 Å². The highest BCUT2D eigenvalue weighted by atomic mass is 32.2. The molecule has 0 spiro atoms. The van der Waals surface area contributed by atoms with Crippen molar-refractivity contribution in [3.63, 3.8) is 0 Å². The zero-order valence-corrected chi connectivity index (χ0v) is 17.4. The highest BCUT2D eigenvalue weighted by molar-refractivity contribution is 7.89. The maximum Gasteiger partial charge on any atom is 0.252 e. The number of halogens is 1. The summed E-state index contributed by atoms with van der Waals surface area (Å²) in [4.78, 5) is 15.5. The largest absolute Gasteiger partial charge is 0.377 e. The quantitative estimate of drug-likeness (QED) is 0.651. The van der Waals surface area contributed by atoms with Gasteiger partial charge in [-0.3, -0.25) is 4.79 Å². The van der Waals surface area contributed by atoms with Crippen LogP contribution in [0.25, 0.3) is 10.9 Å². The third kappa shape index (κ3) is 4.30. The third-order valence-corrected chi connectivity index (χ3v) is 7.13. The number of hydrogen-bond donors (Lipinski definition) is 1. The van der Waals surface area contributed by atoms with Gasteiger partial charge in [0.1, 0.15) is 5.82 Å². The molecule has 0 amide bonds. The number of aromatic nitrogens is 1. The van der Waals surface area contributed by atoms with Gasteiger partial charge < -0.3 is 9.72 Å². The standard InChI is InChI=1S/C22H23FN2O4S/c1-15-4-5-16-12-17(22(26)24-21(16)11-15)13-25(14-19-3-2-10-29-19)30(27,28)20-8-6-18(23)7-9-20/h4-9,11-12,19H,2-3,10,13-14H2,1H3,(H,24,26). The van der Waals surface area contributed by atoms with Crippen molar-refractivity contribution in [2.45, 2.75) is 37.3 Å². The first-order chi connectivity index (χ1) is 14.3. The van der Waals surface area contributed by atoms with E-state index in [1.807, 2.05) is 25.1 Å². The van der Waals surface area contributed by atoms with E-state index in [0.29, 0.717) is 17.7 Å². The van der Waals surface area contributed by atoms with E-state index in [4.69, 9.17) is 4.74 Å². The predicted octanol–water partition coefficient (Wildman–Crippen LogP) is 3.35. The Morgan fingerprint density at radius 2 is 1.93 bits per heavy atom. The molecule has 0 saturated carbocycles. The summed E-state index contributed by atoms with van der Waals surface area (Å²) in [5.74, 6) is -0.513. The number of rotatable bonds is 6. The van der Waals surface area contributed by atoms with Gasteiger partial charge in [0.2, 0.25) is 10.0 Å². The Morgan fingerprint density at radius 1 is 1.17 bits per heavy atom. The maximum atomic E-state index is 13.3. The number of benzene rings is 2. The van der Waals surface area contributed by atoms with Gasteiger partial charge in [0.15, 0.2) is 0 Å². The first-order valence-electron chi connectivity index (χ1n) is 9.83. The molecule has 1 aliphatic heterocycles. The number of nitrogens with zero attached hydrogens (tertiary/aromatic N) is 1. The zero-order valence-electron chi connectivity index (χ0n) is 16.6. The van der Waals surface area contributed by atoms with Crippen molar-refractivity contribution in [1.82, 2.24) is 9.29 Å². The Balaban J connectivity index is 1.72. The molecule has 1 aliphatic rings. The summed E-state index contributed by atoms with van der Waals surface area (Å²) in [6.45, 7) is 2.55. The molecular weight excluding hydrogens is 407 g/mol. The van der Waals surface area contributed by atoms with Gasteiger partial charge in [-0.25, -0.2) is 12.8 Å². The van der Waals surface area contributed by atoms with Gasteiger partial charge in [-0.2, -0.15) is 4.31 Å². The number of fused-ring (bicyclic) bond motifs is 1. The Hall–Kier alpha value is -2.55. The number of hydrogen-bond acceptors (Lipinski definition) is 4. The smallest absolute Gasteiger partial charge is 0.252 e. The fraction of sp³-hybridized carbons (Fsp3) is 0.318. The number of aryl methyl sites for hydroxylation is 1. The fourth-order valence-corrected chi connectivity index (χ4v) is 5.14. The van der Waals surface area contributed by atoms with E-state index in [-0.39, 0.29) is 29.6 Å². The van der Waals surface area contributed by atoms with Crippen LogP contribution >= 0.6 is 0 Å². The molecule has 0 bridgehead atoms. The second kappa shape index (κ2) is 8.29. The molecule has 1 saturated heterocycles. The lowest BCUT2D eigenvalue weighted by Gasteiger charge is -2.25. The second-order valence-corrected chi connectivity index (χ2v) is 9.54. The molecule has 1 N–H and O–H groups in total. The van der Waals surface area contributed by atoms with Crippen molar-refractivity contribution in [3.05, 3.63) is 75.8 Å². The lowest BCUT2D eigenvalue weighted by atomic mass is 10.1. The molecule has 4 rings (SSSR count). The van der Waals surface area contributed by atoms with Crippen LogP contribution in [0.4, 0.5) is 4.39 Å².